The van der Waals surface area contributed by atoms with Gasteiger partial charge in [-0.25, -0.2) is 0 Å². The molecule has 2 saturated carbocycles. The predicted molar refractivity (Wildman–Crippen MR) is 77.7 cm³/mol. The van der Waals surface area contributed by atoms with Crippen molar-refractivity contribution in [2.24, 2.45) is 16.1 Å². The molecule has 1 atom stereocenters. The first-order valence-electron chi connectivity index (χ1n) is 7.65. The van der Waals surface area contributed by atoms with Crippen molar-refractivity contribution in [3.63, 3.8) is 0 Å². The van der Waals surface area contributed by atoms with Crippen LogP contribution < -0.4 is 11.1 Å². The molecule has 104 valence electrons. The maximum atomic E-state index is 6.06. The molecule has 0 aromatic heterocycles. The van der Waals surface area contributed by atoms with Crippen LogP contribution in [-0.4, -0.2) is 18.0 Å². The Balaban J connectivity index is 1.82. The van der Waals surface area contributed by atoms with Gasteiger partial charge < -0.3 is 11.1 Å². The molecule has 2 rings (SSSR count). The van der Waals surface area contributed by atoms with E-state index in [1.807, 2.05) is 0 Å². The van der Waals surface area contributed by atoms with Crippen LogP contribution in [0.15, 0.2) is 4.99 Å². The van der Waals surface area contributed by atoms with E-state index in [2.05, 4.69) is 24.2 Å². The molecule has 3 N–H and O–H groups in total. The fourth-order valence-corrected chi connectivity index (χ4v) is 3.47. The van der Waals surface area contributed by atoms with Crippen molar-refractivity contribution in [1.82, 2.24) is 5.32 Å². The summed E-state index contributed by atoms with van der Waals surface area (Å²) < 4.78 is 0. The molecule has 2 aliphatic carbocycles. The highest BCUT2D eigenvalue weighted by Crippen LogP contribution is 2.35. The molecular weight excluding hydrogens is 222 g/mol. The molecule has 2 aliphatic rings. The van der Waals surface area contributed by atoms with E-state index in [0.29, 0.717) is 23.5 Å². The van der Waals surface area contributed by atoms with Crippen LogP contribution in [0.25, 0.3) is 0 Å². The lowest BCUT2D eigenvalue weighted by Crippen LogP contribution is -2.44. The first-order chi connectivity index (χ1) is 8.55. The zero-order chi connectivity index (χ0) is 13.0. The third kappa shape index (κ3) is 4.18. The Morgan fingerprint density at radius 1 is 1.11 bits per heavy atom. The molecule has 1 unspecified atom stereocenters. The number of nitrogens with zero attached hydrogens (tertiary/aromatic N) is 1. The number of aliphatic imine (C=N–C) groups is 1. The van der Waals surface area contributed by atoms with Crippen LogP contribution in [0.5, 0.6) is 0 Å². The summed E-state index contributed by atoms with van der Waals surface area (Å²) in [4.78, 5) is 4.66. The molecule has 0 aliphatic heterocycles. The highest BCUT2D eigenvalue weighted by molar-refractivity contribution is 5.78. The average Bonchev–Trinajstić information content (AvgIpc) is 2.28. The third-order valence-electron chi connectivity index (χ3n) is 4.45. The molecule has 3 nitrogen and oxygen atoms in total. The molecular formula is C15H29N3. The summed E-state index contributed by atoms with van der Waals surface area (Å²) in [6.07, 6.45) is 11.5. The van der Waals surface area contributed by atoms with Crippen molar-refractivity contribution in [3.05, 3.63) is 0 Å². The van der Waals surface area contributed by atoms with Gasteiger partial charge in [0.15, 0.2) is 5.96 Å². The van der Waals surface area contributed by atoms with Gasteiger partial charge in [-0.3, -0.25) is 4.99 Å². The first-order valence-corrected chi connectivity index (χ1v) is 7.65. The molecule has 0 radical (unpaired) electrons. The van der Waals surface area contributed by atoms with E-state index >= 15 is 0 Å². The second-order valence-electron chi connectivity index (χ2n) is 6.91. The van der Waals surface area contributed by atoms with Crippen LogP contribution in [0.3, 0.4) is 0 Å². The highest BCUT2D eigenvalue weighted by atomic mass is 15.1. The lowest BCUT2D eigenvalue weighted by atomic mass is 9.75. The van der Waals surface area contributed by atoms with Gasteiger partial charge in [-0.05, 0) is 37.5 Å². The average molecular weight is 251 g/mol. The Bertz CT molecular complexity index is 290. The van der Waals surface area contributed by atoms with Gasteiger partial charge in [0.1, 0.15) is 0 Å². The van der Waals surface area contributed by atoms with Crippen LogP contribution in [0.4, 0.5) is 0 Å². The maximum absolute atomic E-state index is 6.06. The van der Waals surface area contributed by atoms with Gasteiger partial charge in [-0.15, -0.1) is 0 Å². The van der Waals surface area contributed by atoms with Crippen molar-refractivity contribution >= 4 is 5.96 Å². The van der Waals surface area contributed by atoms with Crippen LogP contribution in [-0.2, 0) is 0 Å². The fraction of sp³-hybridized carbons (Fsp3) is 0.933. The molecule has 0 aromatic rings. The van der Waals surface area contributed by atoms with E-state index in [0.717, 1.165) is 0 Å². The van der Waals surface area contributed by atoms with E-state index in [1.165, 1.54) is 57.8 Å². The Kier molecular flexibility index (Phi) is 4.52. The van der Waals surface area contributed by atoms with Gasteiger partial charge in [0.05, 0.1) is 6.04 Å². The molecule has 0 aromatic carbocycles. The van der Waals surface area contributed by atoms with Gasteiger partial charge in [0.25, 0.3) is 0 Å². The Morgan fingerprint density at radius 3 is 2.50 bits per heavy atom. The summed E-state index contributed by atoms with van der Waals surface area (Å²) in [6.45, 7) is 4.71. The van der Waals surface area contributed by atoms with Gasteiger partial charge in [-0.1, -0.05) is 39.5 Å². The maximum Gasteiger partial charge on any atom is 0.189 e. The molecule has 0 amide bonds. The van der Waals surface area contributed by atoms with Crippen molar-refractivity contribution in [2.45, 2.75) is 83.7 Å². The fourth-order valence-electron chi connectivity index (χ4n) is 3.47. The molecule has 0 spiro atoms. The normalized spacial score (nSPS) is 30.1. The summed E-state index contributed by atoms with van der Waals surface area (Å²) >= 11 is 0. The minimum absolute atomic E-state index is 0.459. The number of guanidine groups is 1. The third-order valence-corrected chi connectivity index (χ3v) is 4.45. The lowest BCUT2D eigenvalue weighted by Gasteiger charge is -2.35. The lowest BCUT2D eigenvalue weighted by molar-refractivity contribution is 0.210. The van der Waals surface area contributed by atoms with Gasteiger partial charge in [-0.2, -0.15) is 0 Å². The summed E-state index contributed by atoms with van der Waals surface area (Å²) in [7, 11) is 0. The van der Waals surface area contributed by atoms with E-state index in [1.54, 1.807) is 0 Å². The minimum atomic E-state index is 0.459. The van der Waals surface area contributed by atoms with Crippen LogP contribution in [0.2, 0.25) is 0 Å². The molecule has 18 heavy (non-hydrogen) atoms. The summed E-state index contributed by atoms with van der Waals surface area (Å²) in [5, 5.41) is 3.45. The van der Waals surface area contributed by atoms with Crippen molar-refractivity contribution < 1.29 is 0 Å². The standard InChI is InChI=1S/C15H29N3/c1-15(2)10-6-9-13(11-15)18-14(16)17-12-7-4-3-5-8-12/h12-13H,3-11H2,1-2H3,(H3,16,17,18). The quantitative estimate of drug-likeness (QED) is 0.585. The number of nitrogens with one attached hydrogen (secondary N) is 1. The van der Waals surface area contributed by atoms with E-state index in [4.69, 9.17) is 5.73 Å². The summed E-state index contributed by atoms with van der Waals surface area (Å²) in [6, 6.07) is 1.00. The highest BCUT2D eigenvalue weighted by Gasteiger charge is 2.28. The molecule has 2 fully saturated rings. The smallest absolute Gasteiger partial charge is 0.189 e. The topological polar surface area (TPSA) is 50.4 Å². The zero-order valence-electron chi connectivity index (χ0n) is 12.0. The van der Waals surface area contributed by atoms with Crippen molar-refractivity contribution in [1.29, 1.82) is 0 Å². The molecule has 0 saturated heterocycles. The first kappa shape index (κ1) is 13.7. The number of rotatable bonds is 2. The molecule has 0 heterocycles. The molecule has 0 bridgehead atoms. The SMILES string of the molecule is CC1(C)CCCC(NC(N)=NC2CCCCC2)C1. The number of hydrogen-bond acceptors (Lipinski definition) is 1. The predicted octanol–water partition coefficient (Wildman–Crippen LogP) is 3.19. The van der Waals surface area contributed by atoms with Crippen LogP contribution in [0.1, 0.15) is 71.6 Å². The number of hydrogen-bond donors (Lipinski definition) is 2. The zero-order valence-corrected chi connectivity index (χ0v) is 12.0. The van der Waals surface area contributed by atoms with Gasteiger partial charge in [0.2, 0.25) is 0 Å². The second-order valence-corrected chi connectivity index (χ2v) is 6.91. The number of nitrogens with two attached hydrogens (primary N) is 1. The Hall–Kier alpha value is -0.730. The summed E-state index contributed by atoms with van der Waals surface area (Å²) in [5.41, 5.74) is 6.52. The second kappa shape index (κ2) is 5.94. The van der Waals surface area contributed by atoms with Crippen LogP contribution in [0, 0.1) is 5.41 Å². The minimum Gasteiger partial charge on any atom is -0.370 e. The monoisotopic (exact) mass is 251 g/mol. The Morgan fingerprint density at radius 2 is 1.83 bits per heavy atom. The Labute approximate surface area is 112 Å². The molecule has 3 heteroatoms. The van der Waals surface area contributed by atoms with Gasteiger partial charge in [0, 0.05) is 6.04 Å². The van der Waals surface area contributed by atoms with Crippen LogP contribution >= 0.6 is 0 Å². The summed E-state index contributed by atoms with van der Waals surface area (Å²) in [5.74, 6) is 0.685. The van der Waals surface area contributed by atoms with Crippen molar-refractivity contribution in [2.75, 3.05) is 0 Å². The largest absolute Gasteiger partial charge is 0.370 e. The van der Waals surface area contributed by atoms with Crippen molar-refractivity contribution in [3.8, 4) is 0 Å². The van der Waals surface area contributed by atoms with E-state index < -0.39 is 0 Å². The van der Waals surface area contributed by atoms with Gasteiger partial charge >= 0.3 is 0 Å². The van der Waals surface area contributed by atoms with E-state index in [9.17, 15) is 0 Å². The van der Waals surface area contributed by atoms with E-state index in [-0.39, 0.29) is 0 Å².